The molecule has 6 rings (SSSR count). The Hall–Kier alpha value is -3.00. The van der Waals surface area contributed by atoms with E-state index in [9.17, 15) is 14.0 Å². The lowest BCUT2D eigenvalue weighted by Crippen LogP contribution is -2.59. The van der Waals surface area contributed by atoms with Crippen LogP contribution in [-0.4, -0.2) is 32.0 Å². The van der Waals surface area contributed by atoms with Crippen molar-refractivity contribution in [1.29, 1.82) is 0 Å². The molecule has 3 fully saturated rings. The maximum atomic E-state index is 13.3. The van der Waals surface area contributed by atoms with Crippen molar-refractivity contribution in [3.8, 4) is 0 Å². The van der Waals surface area contributed by atoms with Gasteiger partial charge in [0, 0.05) is 23.3 Å². The van der Waals surface area contributed by atoms with Crippen LogP contribution in [0, 0.1) is 11.2 Å². The molecule has 1 aromatic carbocycles. The van der Waals surface area contributed by atoms with E-state index in [4.69, 9.17) is 11.6 Å². The third-order valence-corrected chi connectivity index (χ3v) is 7.12. The van der Waals surface area contributed by atoms with Gasteiger partial charge in [-0.2, -0.15) is 5.10 Å². The van der Waals surface area contributed by atoms with Gasteiger partial charge in [-0.15, -0.1) is 0 Å². The monoisotopic (exact) mass is 441 g/mol. The molecule has 0 spiro atoms. The molecule has 2 bridgehead atoms. The fraction of sp³-hybridized carbons (Fsp3) is 0.364. The number of halogens is 2. The highest BCUT2D eigenvalue weighted by Gasteiger charge is 2.53. The van der Waals surface area contributed by atoms with Crippen LogP contribution < -0.4 is 10.6 Å². The molecule has 2 N–H and O–H groups in total. The maximum absolute atomic E-state index is 13.3. The number of fused-ring (bicyclic) bond motifs is 4. The van der Waals surface area contributed by atoms with Crippen molar-refractivity contribution in [1.82, 2.24) is 19.9 Å². The van der Waals surface area contributed by atoms with Gasteiger partial charge in [0.05, 0.1) is 16.9 Å². The van der Waals surface area contributed by atoms with E-state index >= 15 is 0 Å². The minimum absolute atomic E-state index is 0.0903. The van der Waals surface area contributed by atoms with Crippen molar-refractivity contribution in [2.45, 2.75) is 44.1 Å². The summed E-state index contributed by atoms with van der Waals surface area (Å²) < 4.78 is 14.9. The zero-order valence-electron chi connectivity index (χ0n) is 16.7. The van der Waals surface area contributed by atoms with Crippen molar-refractivity contribution in [3.05, 3.63) is 59.3 Å². The summed E-state index contributed by atoms with van der Waals surface area (Å²) in [6, 6.07) is 5.70. The minimum Gasteiger partial charge on any atom is -0.346 e. The Labute approximate surface area is 183 Å². The van der Waals surface area contributed by atoms with Gasteiger partial charge in [0.25, 0.3) is 5.91 Å². The number of carbonyl (C=O) groups excluding carboxylic acids is 2. The van der Waals surface area contributed by atoms with Gasteiger partial charge < -0.3 is 10.6 Å². The molecule has 160 valence electrons. The second-order valence-electron chi connectivity index (χ2n) is 8.54. The Morgan fingerprint density at radius 2 is 1.87 bits per heavy atom. The van der Waals surface area contributed by atoms with Crippen molar-refractivity contribution >= 4 is 34.7 Å². The molecule has 3 aliphatic rings. The highest BCUT2D eigenvalue weighted by molar-refractivity contribution is 6.33. The number of nitrogens with one attached hydrogen (secondary N) is 2. The molecule has 3 aromatic rings. The van der Waals surface area contributed by atoms with E-state index in [0.29, 0.717) is 36.2 Å². The summed E-state index contributed by atoms with van der Waals surface area (Å²) >= 11 is 6.07. The molecule has 31 heavy (non-hydrogen) atoms. The average molecular weight is 442 g/mol. The predicted octanol–water partition coefficient (Wildman–Crippen LogP) is 3.98. The summed E-state index contributed by atoms with van der Waals surface area (Å²) in [4.78, 5) is 30.3. The fourth-order valence-corrected chi connectivity index (χ4v) is 5.07. The maximum Gasteiger partial charge on any atom is 0.257 e. The number of anilines is 1. The van der Waals surface area contributed by atoms with Gasteiger partial charge in [0.1, 0.15) is 11.4 Å². The quantitative estimate of drug-likeness (QED) is 0.641. The van der Waals surface area contributed by atoms with Gasteiger partial charge >= 0.3 is 0 Å². The fourth-order valence-electron chi connectivity index (χ4n) is 4.86. The third-order valence-electron chi connectivity index (χ3n) is 6.81. The van der Waals surface area contributed by atoms with Gasteiger partial charge in [0.2, 0.25) is 5.91 Å². The third kappa shape index (κ3) is 3.44. The van der Waals surface area contributed by atoms with Gasteiger partial charge in [-0.1, -0.05) is 11.6 Å². The summed E-state index contributed by atoms with van der Waals surface area (Å²) in [6.07, 6.45) is 9.08. The van der Waals surface area contributed by atoms with Crippen LogP contribution >= 0.6 is 11.6 Å². The number of amides is 2. The van der Waals surface area contributed by atoms with E-state index in [0.717, 1.165) is 19.3 Å². The highest BCUT2D eigenvalue weighted by atomic mass is 35.5. The summed E-state index contributed by atoms with van der Waals surface area (Å²) in [6.45, 7) is 0. The summed E-state index contributed by atoms with van der Waals surface area (Å²) in [7, 11) is 0. The molecule has 2 aromatic heterocycles. The zero-order valence-corrected chi connectivity index (χ0v) is 17.5. The summed E-state index contributed by atoms with van der Waals surface area (Å²) in [5.41, 5.74) is 0.569. The average Bonchev–Trinajstić information content (AvgIpc) is 3.21. The van der Waals surface area contributed by atoms with Gasteiger partial charge in [-0.3, -0.25) is 9.59 Å². The van der Waals surface area contributed by atoms with E-state index in [2.05, 4.69) is 20.7 Å². The van der Waals surface area contributed by atoms with E-state index in [1.54, 1.807) is 23.0 Å². The molecule has 2 amide bonds. The van der Waals surface area contributed by atoms with E-state index in [-0.39, 0.29) is 22.4 Å². The molecule has 0 radical (unpaired) electrons. The molecule has 9 heteroatoms. The topological polar surface area (TPSA) is 88.4 Å². The Bertz CT molecular complexity index is 1170. The van der Waals surface area contributed by atoms with Crippen LogP contribution in [0.25, 0.3) is 5.65 Å². The normalized spacial score (nSPS) is 24.8. The smallest absolute Gasteiger partial charge is 0.257 e. The molecular weight excluding hydrogens is 421 g/mol. The minimum atomic E-state index is -0.490. The highest BCUT2D eigenvalue weighted by Crippen LogP contribution is 2.53. The lowest BCUT2D eigenvalue weighted by atomic mass is 9.57. The van der Waals surface area contributed by atoms with E-state index < -0.39 is 11.2 Å². The second-order valence-corrected chi connectivity index (χ2v) is 8.95. The molecular formula is C22H21ClFN5O2. The number of aromatic nitrogens is 3. The van der Waals surface area contributed by atoms with E-state index in [1.165, 1.54) is 24.4 Å². The number of nitrogens with zero attached hydrogens (tertiary/aromatic N) is 3. The first-order chi connectivity index (χ1) is 14.9. The van der Waals surface area contributed by atoms with Crippen molar-refractivity contribution in [3.63, 3.8) is 0 Å². The zero-order chi connectivity index (χ0) is 21.6. The van der Waals surface area contributed by atoms with Gasteiger partial charge in [0.15, 0.2) is 5.65 Å². The standard InChI is InChI=1S/C22H21ClFN5O2/c23-16-12-14(24)2-3-17(16)27-20(31)21-4-7-22(8-5-21,9-6-21)28-19(30)15-13-26-29-11-1-10-25-18(15)29/h1-3,10-13H,4-9H2,(H,27,31)(H,28,30). The summed E-state index contributed by atoms with van der Waals surface area (Å²) in [5.74, 6) is -0.725. The van der Waals surface area contributed by atoms with Crippen LogP contribution in [0.5, 0.6) is 0 Å². The largest absolute Gasteiger partial charge is 0.346 e. The van der Waals surface area contributed by atoms with Crippen molar-refractivity contribution < 1.29 is 14.0 Å². The summed E-state index contributed by atoms with van der Waals surface area (Å²) in [5, 5.41) is 10.4. The van der Waals surface area contributed by atoms with Crippen LogP contribution in [0.4, 0.5) is 10.1 Å². The van der Waals surface area contributed by atoms with Crippen LogP contribution in [0.15, 0.2) is 42.9 Å². The predicted molar refractivity (Wildman–Crippen MR) is 113 cm³/mol. The molecule has 3 aliphatic carbocycles. The van der Waals surface area contributed by atoms with Crippen LogP contribution in [0.1, 0.15) is 48.9 Å². The van der Waals surface area contributed by atoms with Crippen molar-refractivity contribution in [2.24, 2.45) is 5.41 Å². The number of carbonyl (C=O) groups is 2. The SMILES string of the molecule is O=C(NC12CCC(C(=O)Nc3ccc(F)cc3Cl)(CC1)CC2)c1cnn2cccnc12. The molecule has 0 aliphatic heterocycles. The first-order valence-electron chi connectivity index (χ1n) is 10.3. The second kappa shape index (κ2) is 7.30. The Kier molecular flexibility index (Phi) is 4.69. The van der Waals surface area contributed by atoms with Crippen LogP contribution in [0.3, 0.4) is 0 Å². The Balaban J connectivity index is 1.28. The molecule has 2 heterocycles. The number of benzene rings is 1. The van der Waals surface area contributed by atoms with E-state index in [1.807, 2.05) is 0 Å². The lowest BCUT2D eigenvalue weighted by Gasteiger charge is -2.52. The van der Waals surface area contributed by atoms with Crippen LogP contribution in [0.2, 0.25) is 5.02 Å². The number of hydrogen-bond acceptors (Lipinski definition) is 4. The Morgan fingerprint density at radius 3 is 2.58 bits per heavy atom. The molecule has 0 saturated heterocycles. The Morgan fingerprint density at radius 1 is 1.13 bits per heavy atom. The van der Waals surface area contributed by atoms with Crippen LogP contribution in [-0.2, 0) is 4.79 Å². The van der Waals surface area contributed by atoms with Crippen molar-refractivity contribution in [2.75, 3.05) is 5.32 Å². The van der Waals surface area contributed by atoms with Gasteiger partial charge in [-0.25, -0.2) is 13.9 Å². The van der Waals surface area contributed by atoms with Gasteiger partial charge in [-0.05, 0) is 62.8 Å². The molecule has 0 unspecified atom stereocenters. The lowest BCUT2D eigenvalue weighted by molar-refractivity contribution is -0.132. The molecule has 0 atom stereocenters. The number of rotatable bonds is 4. The first kappa shape index (κ1) is 19.9. The molecule has 3 saturated carbocycles. The molecule has 7 nitrogen and oxygen atoms in total. The number of hydrogen-bond donors (Lipinski definition) is 2. The first-order valence-corrected chi connectivity index (χ1v) is 10.7.